The summed E-state index contributed by atoms with van der Waals surface area (Å²) in [6.07, 6.45) is 0.844. The molecule has 0 saturated heterocycles. The van der Waals surface area contributed by atoms with E-state index in [1.54, 1.807) is 5.38 Å². The van der Waals surface area contributed by atoms with Crippen LogP contribution >= 0.6 is 11.3 Å². The Hall–Kier alpha value is -1.60. The highest BCUT2D eigenvalue weighted by Gasteiger charge is 2.13. The van der Waals surface area contributed by atoms with Gasteiger partial charge in [-0.15, -0.1) is 11.3 Å². The molecule has 0 saturated carbocycles. The van der Waals surface area contributed by atoms with Crippen molar-refractivity contribution >= 4 is 28.3 Å². The molecule has 0 atom stereocenters. The smallest absolute Gasteiger partial charge is 0.338 e. The van der Waals surface area contributed by atoms with E-state index in [1.807, 2.05) is 19.0 Å². The third kappa shape index (κ3) is 4.72. The number of aromatic carboxylic acids is 1. The first-order valence-electron chi connectivity index (χ1n) is 5.51. The molecular weight excluding hydrogens is 254 g/mol. The summed E-state index contributed by atoms with van der Waals surface area (Å²) in [6.45, 7) is 1.44. The zero-order valence-electron chi connectivity index (χ0n) is 10.4. The van der Waals surface area contributed by atoms with E-state index in [9.17, 15) is 9.59 Å². The Labute approximate surface area is 110 Å². The molecule has 7 heteroatoms. The van der Waals surface area contributed by atoms with E-state index < -0.39 is 5.97 Å². The molecule has 1 aromatic heterocycles. The number of carboxylic acids is 1. The molecule has 2 amide bonds. The van der Waals surface area contributed by atoms with Gasteiger partial charge in [0.25, 0.3) is 0 Å². The van der Waals surface area contributed by atoms with E-state index in [2.05, 4.69) is 10.6 Å². The molecule has 0 aliphatic carbocycles. The molecule has 0 aliphatic heterocycles. The zero-order valence-corrected chi connectivity index (χ0v) is 11.2. The quantitative estimate of drug-likeness (QED) is 0.685. The maximum absolute atomic E-state index is 11.5. The van der Waals surface area contributed by atoms with Gasteiger partial charge in [-0.25, -0.2) is 9.59 Å². The molecule has 0 bridgehead atoms. The summed E-state index contributed by atoms with van der Waals surface area (Å²) in [7, 11) is 3.93. The van der Waals surface area contributed by atoms with Gasteiger partial charge in [0.1, 0.15) is 5.00 Å². The monoisotopic (exact) mass is 271 g/mol. The molecule has 1 aromatic rings. The van der Waals surface area contributed by atoms with Crippen LogP contribution in [0.25, 0.3) is 0 Å². The van der Waals surface area contributed by atoms with Crippen molar-refractivity contribution < 1.29 is 14.7 Å². The van der Waals surface area contributed by atoms with Crippen LogP contribution in [0.4, 0.5) is 9.80 Å². The van der Waals surface area contributed by atoms with Crippen molar-refractivity contribution in [3.8, 4) is 0 Å². The minimum absolute atomic E-state index is 0.114. The number of rotatable bonds is 6. The Bertz CT molecular complexity index is 417. The summed E-state index contributed by atoms with van der Waals surface area (Å²) in [5.41, 5.74) is 0.114. The first-order chi connectivity index (χ1) is 8.50. The Morgan fingerprint density at radius 2 is 2.17 bits per heavy atom. The number of carboxylic acid groups (broad SMARTS) is 1. The lowest BCUT2D eigenvalue weighted by Gasteiger charge is -2.10. The summed E-state index contributed by atoms with van der Waals surface area (Å²) >= 11 is 1.19. The summed E-state index contributed by atoms with van der Waals surface area (Å²) < 4.78 is 0. The molecule has 6 nitrogen and oxygen atoms in total. The molecule has 0 spiro atoms. The van der Waals surface area contributed by atoms with Crippen LogP contribution in [0.3, 0.4) is 0 Å². The van der Waals surface area contributed by atoms with Gasteiger partial charge < -0.3 is 15.3 Å². The second-order valence-electron chi connectivity index (χ2n) is 4.01. The third-order valence-corrected chi connectivity index (χ3v) is 3.02. The average molecular weight is 271 g/mol. The van der Waals surface area contributed by atoms with E-state index >= 15 is 0 Å². The standard InChI is InChI=1S/C11H17N3O3S/c1-14(2)6-3-5-12-11(17)13-9-8(10(15)16)4-7-18-9/h4,7H,3,5-6H2,1-2H3,(H,15,16)(H2,12,13,17). The fourth-order valence-corrected chi connectivity index (χ4v) is 2.09. The molecule has 100 valence electrons. The highest BCUT2D eigenvalue weighted by atomic mass is 32.1. The lowest BCUT2D eigenvalue weighted by molar-refractivity contribution is 0.0698. The van der Waals surface area contributed by atoms with Gasteiger partial charge in [0.05, 0.1) is 5.56 Å². The molecule has 1 heterocycles. The predicted molar refractivity (Wildman–Crippen MR) is 71.5 cm³/mol. The third-order valence-electron chi connectivity index (χ3n) is 2.19. The van der Waals surface area contributed by atoms with Gasteiger partial charge in [-0.05, 0) is 38.5 Å². The molecular formula is C11H17N3O3S. The molecule has 0 fully saturated rings. The molecule has 18 heavy (non-hydrogen) atoms. The van der Waals surface area contributed by atoms with Crippen molar-refractivity contribution in [1.82, 2.24) is 10.2 Å². The van der Waals surface area contributed by atoms with Gasteiger partial charge in [-0.3, -0.25) is 5.32 Å². The Kier molecular flexibility index (Phi) is 5.60. The highest BCUT2D eigenvalue weighted by Crippen LogP contribution is 2.22. The van der Waals surface area contributed by atoms with Gasteiger partial charge in [0, 0.05) is 6.54 Å². The Morgan fingerprint density at radius 3 is 2.78 bits per heavy atom. The summed E-state index contributed by atoms with van der Waals surface area (Å²) in [6, 6.07) is 1.09. The summed E-state index contributed by atoms with van der Waals surface area (Å²) in [5, 5.41) is 16.1. The highest BCUT2D eigenvalue weighted by molar-refractivity contribution is 7.14. The number of amides is 2. The maximum Gasteiger partial charge on any atom is 0.338 e. The normalized spacial score (nSPS) is 10.4. The molecule has 0 unspecified atom stereocenters. The van der Waals surface area contributed by atoms with E-state index in [1.165, 1.54) is 17.4 Å². The van der Waals surface area contributed by atoms with Crippen LogP contribution in [0.15, 0.2) is 11.4 Å². The fourth-order valence-electron chi connectivity index (χ4n) is 1.32. The molecule has 0 aliphatic rings. The topological polar surface area (TPSA) is 81.7 Å². The van der Waals surface area contributed by atoms with E-state index in [4.69, 9.17) is 5.11 Å². The van der Waals surface area contributed by atoms with Crippen LogP contribution in [0, 0.1) is 0 Å². The lowest BCUT2D eigenvalue weighted by atomic mass is 10.3. The van der Waals surface area contributed by atoms with Crippen LogP contribution in [-0.2, 0) is 0 Å². The Morgan fingerprint density at radius 1 is 1.44 bits per heavy atom. The first-order valence-corrected chi connectivity index (χ1v) is 6.39. The van der Waals surface area contributed by atoms with Gasteiger partial charge in [-0.2, -0.15) is 0 Å². The van der Waals surface area contributed by atoms with E-state index in [-0.39, 0.29) is 11.6 Å². The number of hydrogen-bond donors (Lipinski definition) is 3. The second-order valence-corrected chi connectivity index (χ2v) is 4.92. The summed E-state index contributed by atoms with van der Waals surface area (Å²) in [5.74, 6) is -1.04. The average Bonchev–Trinajstić information content (AvgIpc) is 2.72. The van der Waals surface area contributed by atoms with Crippen LogP contribution < -0.4 is 10.6 Å². The SMILES string of the molecule is CN(C)CCCNC(=O)Nc1sccc1C(=O)O. The number of nitrogens with one attached hydrogen (secondary N) is 2. The van der Waals surface area contributed by atoms with Gasteiger partial charge in [-0.1, -0.05) is 0 Å². The molecule has 0 radical (unpaired) electrons. The molecule has 3 N–H and O–H groups in total. The van der Waals surface area contributed by atoms with Crippen molar-refractivity contribution in [3.63, 3.8) is 0 Å². The summed E-state index contributed by atoms with van der Waals surface area (Å²) in [4.78, 5) is 24.4. The number of thiophene rings is 1. The lowest BCUT2D eigenvalue weighted by Crippen LogP contribution is -2.31. The van der Waals surface area contributed by atoms with E-state index in [0.717, 1.165) is 13.0 Å². The van der Waals surface area contributed by atoms with Gasteiger partial charge in [0.15, 0.2) is 0 Å². The zero-order chi connectivity index (χ0) is 13.5. The number of anilines is 1. The molecule has 0 aromatic carbocycles. The number of urea groups is 1. The van der Waals surface area contributed by atoms with Gasteiger partial charge in [0.2, 0.25) is 0 Å². The number of carbonyl (C=O) groups excluding carboxylic acids is 1. The number of nitrogens with zero attached hydrogens (tertiary/aromatic N) is 1. The van der Waals surface area contributed by atoms with Crippen molar-refractivity contribution in [2.75, 3.05) is 32.5 Å². The van der Waals surface area contributed by atoms with Crippen LogP contribution in [-0.4, -0.2) is 49.2 Å². The number of carbonyl (C=O) groups is 2. The van der Waals surface area contributed by atoms with Crippen molar-refractivity contribution in [3.05, 3.63) is 17.0 Å². The minimum Gasteiger partial charge on any atom is -0.478 e. The van der Waals surface area contributed by atoms with Gasteiger partial charge >= 0.3 is 12.0 Å². The van der Waals surface area contributed by atoms with E-state index in [0.29, 0.717) is 11.5 Å². The van der Waals surface area contributed by atoms with Crippen LogP contribution in [0.1, 0.15) is 16.8 Å². The predicted octanol–water partition coefficient (Wildman–Crippen LogP) is 1.52. The second kappa shape index (κ2) is 6.97. The van der Waals surface area contributed by atoms with Crippen molar-refractivity contribution in [1.29, 1.82) is 0 Å². The number of hydrogen-bond acceptors (Lipinski definition) is 4. The van der Waals surface area contributed by atoms with Crippen LogP contribution in [0.2, 0.25) is 0 Å². The Balaban J connectivity index is 2.36. The van der Waals surface area contributed by atoms with Crippen LogP contribution in [0.5, 0.6) is 0 Å². The molecule has 1 rings (SSSR count). The van der Waals surface area contributed by atoms with Crippen molar-refractivity contribution in [2.24, 2.45) is 0 Å². The maximum atomic E-state index is 11.5. The fraction of sp³-hybridized carbons (Fsp3) is 0.455. The first kappa shape index (κ1) is 14.5. The minimum atomic E-state index is -1.04. The van der Waals surface area contributed by atoms with Crippen molar-refractivity contribution in [2.45, 2.75) is 6.42 Å². The largest absolute Gasteiger partial charge is 0.478 e.